The lowest BCUT2D eigenvalue weighted by atomic mass is 10.2. The molecule has 0 aliphatic heterocycles. The summed E-state index contributed by atoms with van der Waals surface area (Å²) in [5.41, 5.74) is 6.57. The van der Waals surface area contributed by atoms with E-state index in [9.17, 15) is 0 Å². The van der Waals surface area contributed by atoms with Crippen molar-refractivity contribution in [1.29, 1.82) is 0 Å². The molecule has 2 N–H and O–H groups in total. The van der Waals surface area contributed by atoms with Crippen molar-refractivity contribution < 1.29 is 0 Å². The highest BCUT2D eigenvalue weighted by atomic mass is 35.5. The summed E-state index contributed by atoms with van der Waals surface area (Å²) in [7, 11) is 0. The number of anilines is 1. The third kappa shape index (κ3) is 1.82. The van der Waals surface area contributed by atoms with Gasteiger partial charge in [0.1, 0.15) is 10.8 Å². The number of hydrogen-bond acceptors (Lipinski definition) is 3. The molecule has 0 spiro atoms. The molecule has 66 valence electrons. The Labute approximate surface area is 85.0 Å². The summed E-state index contributed by atoms with van der Waals surface area (Å²) in [5, 5.41) is 3.48. The number of nitrogens with two attached hydrogens (primary N) is 1. The fourth-order valence-electron chi connectivity index (χ4n) is 1.01. The summed E-state index contributed by atoms with van der Waals surface area (Å²) >= 11 is 7.29. The zero-order chi connectivity index (χ0) is 9.26. The Morgan fingerprint density at radius 1 is 1.23 bits per heavy atom. The van der Waals surface area contributed by atoms with Crippen molar-refractivity contribution in [3.63, 3.8) is 0 Å². The summed E-state index contributed by atoms with van der Waals surface area (Å²) in [4.78, 5) is 4.16. The Morgan fingerprint density at radius 3 is 2.46 bits per heavy atom. The Hall–Kier alpha value is -1.06. The van der Waals surface area contributed by atoms with E-state index in [-0.39, 0.29) is 0 Å². The van der Waals surface area contributed by atoms with Crippen LogP contribution in [0.1, 0.15) is 0 Å². The molecular weight excluding hydrogens is 204 g/mol. The summed E-state index contributed by atoms with van der Waals surface area (Å²) in [6.45, 7) is 0. The molecule has 0 bridgehead atoms. The molecule has 0 radical (unpaired) electrons. The molecule has 2 nitrogen and oxygen atoms in total. The lowest BCUT2D eigenvalue weighted by molar-refractivity contribution is 1.42. The van der Waals surface area contributed by atoms with E-state index >= 15 is 0 Å². The maximum atomic E-state index is 5.76. The number of aromatic nitrogens is 1. The predicted octanol–water partition coefficient (Wildman–Crippen LogP) is 3.05. The Morgan fingerprint density at radius 2 is 1.92 bits per heavy atom. The number of benzene rings is 1. The highest BCUT2D eigenvalue weighted by Gasteiger charge is 2.01. The molecular formula is C9H7ClN2S. The van der Waals surface area contributed by atoms with Crippen LogP contribution in [0.25, 0.3) is 10.6 Å². The van der Waals surface area contributed by atoms with Crippen LogP contribution in [0.15, 0.2) is 29.6 Å². The average molecular weight is 211 g/mol. The van der Waals surface area contributed by atoms with Gasteiger partial charge in [0.15, 0.2) is 0 Å². The van der Waals surface area contributed by atoms with Gasteiger partial charge in [-0.05, 0) is 12.1 Å². The van der Waals surface area contributed by atoms with E-state index in [0.29, 0.717) is 5.82 Å². The Bertz CT molecular complexity index is 408. The van der Waals surface area contributed by atoms with Gasteiger partial charge in [0, 0.05) is 16.0 Å². The molecule has 1 aromatic carbocycles. The SMILES string of the molecule is Nc1csc(-c2ccc(Cl)cc2)n1. The highest BCUT2D eigenvalue weighted by Crippen LogP contribution is 2.25. The topological polar surface area (TPSA) is 38.9 Å². The molecule has 2 aromatic rings. The van der Waals surface area contributed by atoms with Crippen molar-refractivity contribution in [2.45, 2.75) is 0 Å². The molecule has 0 saturated carbocycles. The maximum Gasteiger partial charge on any atom is 0.135 e. The zero-order valence-corrected chi connectivity index (χ0v) is 8.27. The van der Waals surface area contributed by atoms with E-state index in [0.717, 1.165) is 15.6 Å². The summed E-state index contributed by atoms with van der Waals surface area (Å²) < 4.78 is 0. The van der Waals surface area contributed by atoms with Crippen molar-refractivity contribution >= 4 is 28.8 Å². The number of rotatable bonds is 1. The zero-order valence-electron chi connectivity index (χ0n) is 6.70. The van der Waals surface area contributed by atoms with E-state index in [4.69, 9.17) is 17.3 Å². The summed E-state index contributed by atoms with van der Waals surface area (Å²) in [6, 6.07) is 7.55. The van der Waals surface area contributed by atoms with Crippen molar-refractivity contribution in [3.8, 4) is 10.6 Å². The van der Waals surface area contributed by atoms with Crippen molar-refractivity contribution in [1.82, 2.24) is 4.98 Å². The smallest absolute Gasteiger partial charge is 0.135 e. The predicted molar refractivity (Wildman–Crippen MR) is 57.0 cm³/mol. The first-order valence-corrected chi connectivity index (χ1v) is 4.98. The molecule has 4 heteroatoms. The first kappa shape index (κ1) is 8.53. The van der Waals surface area contributed by atoms with Gasteiger partial charge in [-0.15, -0.1) is 11.3 Å². The Balaban J connectivity index is 2.41. The van der Waals surface area contributed by atoms with Gasteiger partial charge in [-0.1, -0.05) is 23.7 Å². The summed E-state index contributed by atoms with van der Waals surface area (Å²) in [6.07, 6.45) is 0. The van der Waals surface area contributed by atoms with Crippen LogP contribution < -0.4 is 5.73 Å². The highest BCUT2D eigenvalue weighted by molar-refractivity contribution is 7.13. The molecule has 0 fully saturated rings. The largest absolute Gasteiger partial charge is 0.383 e. The van der Waals surface area contributed by atoms with Crippen molar-refractivity contribution in [2.75, 3.05) is 5.73 Å². The minimum Gasteiger partial charge on any atom is -0.383 e. The number of nitrogens with zero attached hydrogens (tertiary/aromatic N) is 1. The molecule has 0 amide bonds. The van der Waals surface area contributed by atoms with Gasteiger partial charge in [0.25, 0.3) is 0 Å². The quantitative estimate of drug-likeness (QED) is 0.786. The van der Waals surface area contributed by atoms with Crippen molar-refractivity contribution in [2.24, 2.45) is 0 Å². The number of hydrogen-bond donors (Lipinski definition) is 1. The molecule has 1 aromatic heterocycles. The Kier molecular flexibility index (Phi) is 2.20. The van der Waals surface area contributed by atoms with Gasteiger partial charge in [-0.25, -0.2) is 4.98 Å². The third-order valence-corrected chi connectivity index (χ3v) is 2.77. The standard InChI is InChI=1S/C9H7ClN2S/c10-7-3-1-6(2-4-7)9-12-8(11)5-13-9/h1-5H,11H2. The molecule has 0 atom stereocenters. The van der Waals surface area contributed by atoms with Crippen LogP contribution in [-0.4, -0.2) is 4.98 Å². The molecule has 0 aliphatic rings. The second kappa shape index (κ2) is 3.36. The van der Waals surface area contributed by atoms with Crippen LogP contribution in [0.2, 0.25) is 5.02 Å². The van der Waals surface area contributed by atoms with E-state index in [1.807, 2.05) is 29.6 Å². The van der Waals surface area contributed by atoms with E-state index in [2.05, 4.69) is 4.98 Å². The number of nitrogen functional groups attached to an aromatic ring is 1. The minimum atomic E-state index is 0.565. The summed E-state index contributed by atoms with van der Waals surface area (Å²) in [5.74, 6) is 0.565. The third-order valence-electron chi connectivity index (χ3n) is 1.61. The van der Waals surface area contributed by atoms with E-state index < -0.39 is 0 Å². The van der Waals surface area contributed by atoms with Gasteiger partial charge in [-0.2, -0.15) is 0 Å². The van der Waals surface area contributed by atoms with Crippen LogP contribution in [-0.2, 0) is 0 Å². The molecule has 2 rings (SSSR count). The van der Waals surface area contributed by atoms with Crippen molar-refractivity contribution in [3.05, 3.63) is 34.7 Å². The fourth-order valence-corrected chi connectivity index (χ4v) is 1.85. The first-order valence-electron chi connectivity index (χ1n) is 3.72. The second-order valence-corrected chi connectivity index (χ2v) is 3.88. The van der Waals surface area contributed by atoms with Gasteiger partial charge in [0.2, 0.25) is 0 Å². The monoisotopic (exact) mass is 210 g/mol. The van der Waals surface area contributed by atoms with Gasteiger partial charge < -0.3 is 5.73 Å². The van der Waals surface area contributed by atoms with E-state index in [1.165, 1.54) is 11.3 Å². The first-order chi connectivity index (χ1) is 6.25. The molecule has 0 unspecified atom stereocenters. The van der Waals surface area contributed by atoms with Gasteiger partial charge in [0.05, 0.1) is 0 Å². The normalized spacial score (nSPS) is 10.2. The molecule has 13 heavy (non-hydrogen) atoms. The number of halogens is 1. The van der Waals surface area contributed by atoms with Crippen LogP contribution >= 0.6 is 22.9 Å². The van der Waals surface area contributed by atoms with Gasteiger partial charge in [-0.3, -0.25) is 0 Å². The van der Waals surface area contributed by atoms with E-state index in [1.54, 1.807) is 0 Å². The van der Waals surface area contributed by atoms with Crippen LogP contribution in [0.4, 0.5) is 5.82 Å². The molecule has 0 saturated heterocycles. The lowest BCUT2D eigenvalue weighted by Gasteiger charge is -1.94. The second-order valence-electron chi connectivity index (χ2n) is 2.58. The van der Waals surface area contributed by atoms with Crippen LogP contribution in [0, 0.1) is 0 Å². The van der Waals surface area contributed by atoms with Crippen LogP contribution in [0.3, 0.4) is 0 Å². The average Bonchev–Trinajstić information content (AvgIpc) is 2.53. The molecule has 0 aliphatic carbocycles. The fraction of sp³-hybridized carbons (Fsp3) is 0. The molecule has 1 heterocycles. The van der Waals surface area contributed by atoms with Crippen LogP contribution in [0.5, 0.6) is 0 Å². The van der Waals surface area contributed by atoms with Gasteiger partial charge >= 0.3 is 0 Å². The minimum absolute atomic E-state index is 0.565. The lowest BCUT2D eigenvalue weighted by Crippen LogP contribution is -1.83. The maximum absolute atomic E-state index is 5.76. The number of thiazole rings is 1.